The Balaban J connectivity index is 2.36. The van der Waals surface area contributed by atoms with Crippen molar-refractivity contribution in [2.75, 3.05) is 13.6 Å². The van der Waals surface area contributed by atoms with Gasteiger partial charge in [0.2, 0.25) is 11.8 Å². The van der Waals surface area contributed by atoms with Gasteiger partial charge in [-0.3, -0.25) is 39.1 Å². The molecule has 0 fully saturated rings. The van der Waals surface area contributed by atoms with Gasteiger partial charge in [0.1, 0.15) is 12.1 Å². The number of hydrogen-bond acceptors (Lipinski definition) is 6. The summed E-state index contributed by atoms with van der Waals surface area (Å²) in [6.45, 7) is 0.505. The van der Waals surface area contributed by atoms with Gasteiger partial charge in [-0.15, -0.1) is 0 Å². The minimum Gasteiger partial charge on any atom is -0.284 e. The highest BCUT2D eigenvalue weighted by molar-refractivity contribution is 6.24. The largest absolute Gasteiger partial charge is 0.284 e. The fourth-order valence-corrected chi connectivity index (χ4v) is 2.03. The molecule has 1 aliphatic rings. The summed E-state index contributed by atoms with van der Waals surface area (Å²) in [6, 6.07) is 3.67. The highest BCUT2D eigenvalue weighted by Crippen LogP contribution is 2.30. The van der Waals surface area contributed by atoms with Crippen molar-refractivity contribution in [3.05, 3.63) is 39.4 Å². The van der Waals surface area contributed by atoms with Crippen molar-refractivity contribution < 1.29 is 24.1 Å². The molecule has 0 saturated heterocycles. The van der Waals surface area contributed by atoms with Gasteiger partial charge in [-0.2, -0.15) is 0 Å². The Morgan fingerprint density at radius 2 is 1.91 bits per heavy atom. The van der Waals surface area contributed by atoms with Crippen molar-refractivity contribution in [2.45, 2.75) is 6.92 Å². The van der Waals surface area contributed by atoms with Gasteiger partial charge in [-0.1, -0.05) is 6.07 Å². The number of fused-ring (bicyclic) bond motifs is 1. The minimum atomic E-state index is -0.919. The van der Waals surface area contributed by atoms with E-state index in [2.05, 4.69) is 0 Å². The lowest BCUT2D eigenvalue weighted by molar-refractivity contribution is -0.385. The maximum atomic E-state index is 12.2. The van der Waals surface area contributed by atoms with Crippen LogP contribution in [0.4, 0.5) is 5.69 Å². The molecule has 114 valence electrons. The van der Waals surface area contributed by atoms with Crippen molar-refractivity contribution in [3.63, 3.8) is 0 Å². The predicted octanol–water partition coefficient (Wildman–Crippen LogP) is 0.196. The first-order valence-electron chi connectivity index (χ1n) is 6.16. The molecule has 0 spiro atoms. The first-order valence-corrected chi connectivity index (χ1v) is 6.16. The van der Waals surface area contributed by atoms with E-state index in [-0.39, 0.29) is 11.1 Å². The summed E-state index contributed by atoms with van der Waals surface area (Å²) in [4.78, 5) is 58.8. The number of amides is 4. The zero-order valence-corrected chi connectivity index (χ0v) is 11.7. The van der Waals surface area contributed by atoms with Crippen LogP contribution in [-0.4, -0.2) is 51.9 Å². The van der Waals surface area contributed by atoms with E-state index in [1.165, 1.54) is 19.2 Å². The van der Waals surface area contributed by atoms with Crippen LogP contribution >= 0.6 is 0 Å². The molecule has 0 radical (unpaired) electrons. The lowest BCUT2D eigenvalue weighted by atomic mass is 10.1. The van der Waals surface area contributed by atoms with Crippen LogP contribution in [0.2, 0.25) is 0 Å². The Morgan fingerprint density at radius 1 is 1.27 bits per heavy atom. The van der Waals surface area contributed by atoms with Gasteiger partial charge in [-0.25, -0.2) is 0 Å². The van der Waals surface area contributed by atoms with Crippen LogP contribution in [0.15, 0.2) is 18.2 Å². The molecule has 0 aromatic heterocycles. The van der Waals surface area contributed by atoms with Crippen molar-refractivity contribution in [1.29, 1.82) is 0 Å². The SMILES string of the molecule is CC(=O)N(C)C(=O)CN1C(=O)c2cccc([N+](=O)[O-])c2C1=O. The summed E-state index contributed by atoms with van der Waals surface area (Å²) in [7, 11) is 1.21. The lowest BCUT2D eigenvalue weighted by Crippen LogP contribution is -2.42. The van der Waals surface area contributed by atoms with Gasteiger partial charge in [0.05, 0.1) is 10.5 Å². The van der Waals surface area contributed by atoms with Gasteiger partial charge < -0.3 is 0 Å². The summed E-state index contributed by atoms with van der Waals surface area (Å²) in [6.07, 6.45) is 0. The van der Waals surface area contributed by atoms with Gasteiger partial charge in [-0.05, 0) is 6.07 Å². The third kappa shape index (κ3) is 2.32. The highest BCUT2D eigenvalue weighted by Gasteiger charge is 2.42. The monoisotopic (exact) mass is 305 g/mol. The van der Waals surface area contributed by atoms with E-state index in [0.29, 0.717) is 4.90 Å². The smallest absolute Gasteiger partial charge is 0.282 e. The fraction of sp³-hybridized carbons (Fsp3) is 0.231. The quantitative estimate of drug-likeness (QED) is 0.447. The van der Waals surface area contributed by atoms with E-state index in [9.17, 15) is 29.3 Å². The number of nitro groups is 1. The molecule has 4 amide bonds. The molecular formula is C13H11N3O6. The standard InChI is InChI=1S/C13H11N3O6/c1-7(17)14(2)10(18)6-15-12(19)8-4-3-5-9(16(21)22)11(8)13(15)20/h3-5H,6H2,1-2H3. The second-order valence-corrected chi connectivity index (χ2v) is 4.63. The first kappa shape index (κ1) is 15.3. The fourth-order valence-electron chi connectivity index (χ4n) is 2.03. The van der Waals surface area contributed by atoms with E-state index in [4.69, 9.17) is 0 Å². The zero-order valence-electron chi connectivity index (χ0n) is 11.7. The van der Waals surface area contributed by atoms with Crippen LogP contribution < -0.4 is 0 Å². The Labute approximate surface area is 124 Å². The topological polar surface area (TPSA) is 118 Å². The van der Waals surface area contributed by atoms with Crippen LogP contribution in [-0.2, 0) is 9.59 Å². The maximum Gasteiger partial charge on any atom is 0.282 e. The Hall–Kier alpha value is -3.10. The van der Waals surface area contributed by atoms with Crippen LogP contribution in [0, 0.1) is 10.1 Å². The van der Waals surface area contributed by atoms with E-state index in [1.54, 1.807) is 0 Å². The van der Waals surface area contributed by atoms with E-state index >= 15 is 0 Å². The van der Waals surface area contributed by atoms with Crippen molar-refractivity contribution in [2.24, 2.45) is 0 Å². The molecule has 1 aromatic rings. The van der Waals surface area contributed by atoms with E-state index in [0.717, 1.165) is 17.9 Å². The van der Waals surface area contributed by atoms with Gasteiger partial charge in [0.15, 0.2) is 0 Å². The Kier molecular flexibility index (Phi) is 3.72. The summed E-state index contributed by atoms with van der Waals surface area (Å²) < 4.78 is 0. The summed E-state index contributed by atoms with van der Waals surface area (Å²) in [5, 5.41) is 10.9. The molecule has 2 rings (SSSR count). The first-order chi connectivity index (χ1) is 10.3. The molecule has 1 aromatic carbocycles. The van der Waals surface area contributed by atoms with E-state index in [1.807, 2.05) is 0 Å². The molecule has 0 N–H and O–H groups in total. The number of benzene rings is 1. The number of rotatable bonds is 3. The Morgan fingerprint density at radius 3 is 2.45 bits per heavy atom. The zero-order chi connectivity index (χ0) is 16.6. The molecule has 0 aliphatic carbocycles. The normalized spacial score (nSPS) is 13.1. The second kappa shape index (κ2) is 5.35. The number of carbonyl (C=O) groups excluding carboxylic acids is 4. The van der Waals surface area contributed by atoms with Crippen molar-refractivity contribution in [3.8, 4) is 0 Å². The van der Waals surface area contributed by atoms with Crippen molar-refractivity contribution >= 4 is 29.3 Å². The van der Waals surface area contributed by atoms with Crippen LogP contribution in [0.3, 0.4) is 0 Å². The van der Waals surface area contributed by atoms with Crippen LogP contribution in [0.25, 0.3) is 0 Å². The van der Waals surface area contributed by atoms with Gasteiger partial charge in [0.25, 0.3) is 17.5 Å². The summed E-state index contributed by atoms with van der Waals surface area (Å²) >= 11 is 0. The number of hydrogen-bond donors (Lipinski definition) is 0. The molecule has 0 unspecified atom stereocenters. The number of nitrogens with zero attached hydrogens (tertiary/aromatic N) is 3. The number of carbonyl (C=O) groups is 4. The van der Waals surface area contributed by atoms with Gasteiger partial charge >= 0.3 is 0 Å². The molecule has 0 atom stereocenters. The van der Waals surface area contributed by atoms with Crippen LogP contribution in [0.5, 0.6) is 0 Å². The highest BCUT2D eigenvalue weighted by atomic mass is 16.6. The molecule has 9 heteroatoms. The average molecular weight is 305 g/mol. The maximum absolute atomic E-state index is 12.2. The van der Waals surface area contributed by atoms with Crippen LogP contribution in [0.1, 0.15) is 27.6 Å². The minimum absolute atomic E-state index is 0.127. The average Bonchev–Trinajstić information content (AvgIpc) is 2.71. The van der Waals surface area contributed by atoms with Crippen molar-refractivity contribution in [1.82, 2.24) is 9.80 Å². The third-order valence-corrected chi connectivity index (χ3v) is 3.31. The number of imide groups is 2. The molecule has 1 aliphatic heterocycles. The molecule has 9 nitrogen and oxygen atoms in total. The molecule has 0 saturated carbocycles. The summed E-state index contributed by atoms with van der Waals surface area (Å²) in [5.74, 6) is -3.02. The molecule has 1 heterocycles. The Bertz CT molecular complexity index is 726. The summed E-state index contributed by atoms with van der Waals surface area (Å²) in [5.41, 5.74) is -0.959. The molecule has 0 bridgehead atoms. The second-order valence-electron chi connectivity index (χ2n) is 4.63. The predicted molar refractivity (Wildman–Crippen MR) is 71.9 cm³/mol. The lowest BCUT2D eigenvalue weighted by Gasteiger charge is -2.17. The molecular weight excluding hydrogens is 294 g/mol. The number of likely N-dealkylation sites (N-methyl/N-ethyl adjacent to an activating group) is 1. The van der Waals surface area contributed by atoms with Gasteiger partial charge in [0, 0.05) is 20.0 Å². The van der Waals surface area contributed by atoms with E-state index < -0.39 is 40.8 Å². The third-order valence-electron chi connectivity index (χ3n) is 3.31. The molecule has 22 heavy (non-hydrogen) atoms. The number of nitro benzene ring substituents is 1.